The fraction of sp³-hybridized carbons (Fsp3) is 0.647. The smallest absolute Gasteiger partial charge is 0.123 e. The second-order valence-corrected chi connectivity index (χ2v) is 6.14. The summed E-state index contributed by atoms with van der Waals surface area (Å²) in [6.45, 7) is 10.5. The third kappa shape index (κ3) is 3.95. The highest BCUT2D eigenvalue weighted by Crippen LogP contribution is 2.30. The number of nitrogens with zero attached hydrogens (tertiary/aromatic N) is 2. The summed E-state index contributed by atoms with van der Waals surface area (Å²) in [6, 6.07) is 5.81. The highest BCUT2D eigenvalue weighted by molar-refractivity contribution is 5.56. The Morgan fingerprint density at radius 3 is 2.86 bits per heavy atom. The number of hydrogen-bond donors (Lipinski definition) is 1. The minimum atomic E-state index is -0.155. The molecule has 2 atom stereocenters. The van der Waals surface area contributed by atoms with Crippen molar-refractivity contribution < 1.29 is 4.39 Å². The third-order valence-corrected chi connectivity index (χ3v) is 4.32. The van der Waals surface area contributed by atoms with E-state index in [1.165, 1.54) is 5.69 Å². The Morgan fingerprint density at radius 2 is 2.14 bits per heavy atom. The van der Waals surface area contributed by atoms with E-state index in [0.29, 0.717) is 6.04 Å². The molecule has 1 aromatic carbocycles. The van der Waals surface area contributed by atoms with Gasteiger partial charge in [0.15, 0.2) is 0 Å². The molecule has 2 rings (SSSR count). The summed E-state index contributed by atoms with van der Waals surface area (Å²) >= 11 is 0. The number of hydrogen-bond acceptors (Lipinski definition) is 3. The normalized spacial score (nSPS) is 22.1. The molecule has 4 heteroatoms. The van der Waals surface area contributed by atoms with Gasteiger partial charge >= 0.3 is 0 Å². The molecule has 1 aliphatic rings. The zero-order chi connectivity index (χ0) is 15.4. The van der Waals surface area contributed by atoms with E-state index < -0.39 is 0 Å². The predicted octanol–water partition coefficient (Wildman–Crippen LogP) is 3.03. The van der Waals surface area contributed by atoms with E-state index in [-0.39, 0.29) is 11.9 Å². The molecule has 0 aromatic heterocycles. The van der Waals surface area contributed by atoms with Gasteiger partial charge in [-0.1, -0.05) is 6.92 Å². The van der Waals surface area contributed by atoms with Gasteiger partial charge in [0, 0.05) is 30.9 Å². The molecule has 2 unspecified atom stereocenters. The topological polar surface area (TPSA) is 18.5 Å². The summed E-state index contributed by atoms with van der Waals surface area (Å²) in [6.07, 6.45) is 1.15. The molecular weight excluding hydrogens is 265 g/mol. The lowest BCUT2D eigenvalue weighted by Crippen LogP contribution is -2.39. The van der Waals surface area contributed by atoms with Crippen LogP contribution < -0.4 is 10.2 Å². The molecule has 0 bridgehead atoms. The van der Waals surface area contributed by atoms with E-state index >= 15 is 0 Å². The second-order valence-electron chi connectivity index (χ2n) is 6.14. The van der Waals surface area contributed by atoms with Crippen molar-refractivity contribution in [2.75, 3.05) is 38.1 Å². The fourth-order valence-corrected chi connectivity index (χ4v) is 3.28. The Kier molecular flexibility index (Phi) is 5.59. The quantitative estimate of drug-likeness (QED) is 0.920. The number of likely N-dealkylation sites (N-methyl/N-ethyl adjacent to an activating group) is 1. The molecule has 0 spiro atoms. The van der Waals surface area contributed by atoms with Gasteiger partial charge in [-0.25, -0.2) is 4.39 Å². The Hall–Kier alpha value is -1.13. The van der Waals surface area contributed by atoms with Gasteiger partial charge < -0.3 is 15.1 Å². The van der Waals surface area contributed by atoms with Crippen molar-refractivity contribution in [3.8, 4) is 0 Å². The Morgan fingerprint density at radius 1 is 1.38 bits per heavy atom. The largest absolute Gasteiger partial charge is 0.367 e. The van der Waals surface area contributed by atoms with Crippen molar-refractivity contribution in [3.05, 3.63) is 29.6 Å². The van der Waals surface area contributed by atoms with Crippen LogP contribution in [0.4, 0.5) is 10.1 Å². The molecule has 3 nitrogen and oxygen atoms in total. The van der Waals surface area contributed by atoms with Gasteiger partial charge in [0.1, 0.15) is 5.82 Å². The maximum atomic E-state index is 13.7. The Balaban J connectivity index is 2.33. The predicted molar refractivity (Wildman–Crippen MR) is 87.4 cm³/mol. The molecular formula is C17H28FN3. The first kappa shape index (κ1) is 16.2. The van der Waals surface area contributed by atoms with E-state index in [1.54, 1.807) is 12.1 Å². The first-order chi connectivity index (χ1) is 10.0. The molecule has 1 aliphatic heterocycles. The maximum absolute atomic E-state index is 13.7. The second kappa shape index (κ2) is 7.23. The first-order valence-corrected chi connectivity index (χ1v) is 8.01. The highest BCUT2D eigenvalue weighted by Gasteiger charge is 2.23. The summed E-state index contributed by atoms with van der Waals surface area (Å²) in [7, 11) is 2.17. The van der Waals surface area contributed by atoms with Crippen LogP contribution in [0.2, 0.25) is 0 Å². The number of rotatable bonds is 4. The van der Waals surface area contributed by atoms with Crippen LogP contribution in [0.5, 0.6) is 0 Å². The molecule has 1 N–H and O–H groups in total. The van der Waals surface area contributed by atoms with Crippen LogP contribution >= 0.6 is 0 Å². The summed E-state index contributed by atoms with van der Waals surface area (Å²) in [5, 5.41) is 3.40. The molecule has 1 aromatic rings. The Labute approximate surface area is 128 Å². The number of halogens is 1. The lowest BCUT2D eigenvalue weighted by atomic mass is 10.0. The van der Waals surface area contributed by atoms with Crippen molar-refractivity contribution in [2.45, 2.75) is 39.3 Å². The molecule has 0 amide bonds. The average Bonchev–Trinajstić information content (AvgIpc) is 2.60. The summed E-state index contributed by atoms with van der Waals surface area (Å²) in [4.78, 5) is 4.81. The first-order valence-electron chi connectivity index (χ1n) is 8.01. The van der Waals surface area contributed by atoms with Crippen LogP contribution in [0.3, 0.4) is 0 Å². The minimum Gasteiger partial charge on any atom is -0.367 e. The van der Waals surface area contributed by atoms with Gasteiger partial charge in [0.2, 0.25) is 0 Å². The average molecular weight is 293 g/mol. The zero-order valence-electron chi connectivity index (χ0n) is 13.7. The Bertz CT molecular complexity index is 463. The minimum absolute atomic E-state index is 0.155. The van der Waals surface area contributed by atoms with E-state index in [4.69, 9.17) is 0 Å². The van der Waals surface area contributed by atoms with Crippen LogP contribution in [0.15, 0.2) is 18.2 Å². The SMILES string of the molecule is CCNC(C)c1cc(F)ccc1N1CCCN(C)CC1C. The standard InChI is InChI=1S/C17H28FN3/c1-5-19-14(3)16-11-15(18)7-8-17(16)21-10-6-9-20(4)12-13(21)2/h7-8,11,13-14,19H,5-6,9-10,12H2,1-4H3. The molecule has 1 fully saturated rings. The van der Waals surface area contributed by atoms with Gasteiger partial charge in [-0.15, -0.1) is 0 Å². The molecule has 1 saturated heterocycles. The maximum Gasteiger partial charge on any atom is 0.123 e. The van der Waals surface area contributed by atoms with Gasteiger partial charge in [0.25, 0.3) is 0 Å². The molecule has 0 radical (unpaired) electrons. The number of nitrogens with one attached hydrogen (secondary N) is 1. The van der Waals surface area contributed by atoms with Gasteiger partial charge in [-0.05, 0) is 64.2 Å². The van der Waals surface area contributed by atoms with Crippen molar-refractivity contribution >= 4 is 5.69 Å². The van der Waals surface area contributed by atoms with Crippen molar-refractivity contribution in [3.63, 3.8) is 0 Å². The van der Waals surface area contributed by atoms with Crippen molar-refractivity contribution in [1.29, 1.82) is 0 Å². The lowest BCUT2D eigenvalue weighted by Gasteiger charge is -2.33. The monoisotopic (exact) mass is 293 g/mol. The molecule has 118 valence electrons. The van der Waals surface area contributed by atoms with Gasteiger partial charge in [-0.2, -0.15) is 0 Å². The third-order valence-electron chi connectivity index (χ3n) is 4.32. The van der Waals surface area contributed by atoms with E-state index in [9.17, 15) is 4.39 Å². The van der Waals surface area contributed by atoms with Crippen molar-refractivity contribution in [1.82, 2.24) is 10.2 Å². The highest BCUT2D eigenvalue weighted by atomic mass is 19.1. The number of benzene rings is 1. The van der Waals surface area contributed by atoms with Crippen LogP contribution in [-0.4, -0.2) is 44.2 Å². The van der Waals surface area contributed by atoms with Crippen LogP contribution in [0.1, 0.15) is 38.8 Å². The zero-order valence-corrected chi connectivity index (χ0v) is 13.7. The summed E-state index contributed by atoms with van der Waals surface area (Å²) in [5.74, 6) is -0.155. The van der Waals surface area contributed by atoms with Crippen LogP contribution in [-0.2, 0) is 0 Å². The molecule has 1 heterocycles. The van der Waals surface area contributed by atoms with E-state index in [2.05, 4.69) is 42.9 Å². The molecule has 0 aliphatic carbocycles. The van der Waals surface area contributed by atoms with Crippen LogP contribution in [0.25, 0.3) is 0 Å². The van der Waals surface area contributed by atoms with Crippen LogP contribution in [0, 0.1) is 5.82 Å². The van der Waals surface area contributed by atoms with Crippen molar-refractivity contribution in [2.24, 2.45) is 0 Å². The molecule has 21 heavy (non-hydrogen) atoms. The van der Waals surface area contributed by atoms with Gasteiger partial charge in [-0.3, -0.25) is 0 Å². The van der Waals surface area contributed by atoms with E-state index in [0.717, 1.165) is 38.2 Å². The van der Waals surface area contributed by atoms with E-state index in [1.807, 2.05) is 6.07 Å². The fourth-order valence-electron chi connectivity index (χ4n) is 3.28. The number of anilines is 1. The molecule has 0 saturated carbocycles. The summed E-state index contributed by atoms with van der Waals surface area (Å²) < 4.78 is 13.7. The lowest BCUT2D eigenvalue weighted by molar-refractivity contribution is 0.337. The van der Waals surface area contributed by atoms with Gasteiger partial charge in [0.05, 0.1) is 0 Å². The summed E-state index contributed by atoms with van der Waals surface area (Å²) in [5.41, 5.74) is 2.24.